The van der Waals surface area contributed by atoms with Crippen molar-refractivity contribution in [2.75, 3.05) is 0 Å². The smallest absolute Gasteiger partial charge is 1.00 e. The Morgan fingerprint density at radius 2 is 0.800 bits per heavy atom. The van der Waals surface area contributed by atoms with Gasteiger partial charge in [-0.1, -0.05) is 0 Å². The summed E-state index contributed by atoms with van der Waals surface area (Å²) in [5.41, 5.74) is 7.22. The Balaban J connectivity index is 0.00000216. The van der Waals surface area contributed by atoms with Crippen LogP contribution >= 0.6 is 0 Å². The monoisotopic (exact) mass is 594 g/mol. The van der Waals surface area contributed by atoms with Crippen molar-refractivity contribution in [1.29, 1.82) is 0 Å². The Labute approximate surface area is 241 Å². The van der Waals surface area contributed by atoms with Gasteiger partial charge in [-0.15, -0.1) is 0 Å². The van der Waals surface area contributed by atoms with Crippen LogP contribution in [0, 0.1) is 11.8 Å². The molecule has 0 bridgehead atoms. The van der Waals surface area contributed by atoms with Crippen LogP contribution in [0.25, 0.3) is 0 Å². The molecule has 0 saturated heterocycles. The molecule has 0 amide bonds. The van der Waals surface area contributed by atoms with E-state index in [0.717, 1.165) is 19.1 Å². The SMILES string of the molecule is CC1=C2C(C=C1)CCCCCCCCC[CH]2[Zr+2][CH]1CCCCCCCCCC2C=CC(C)=C21.[Cl-].[Cl-]. The number of hydrogen-bond donors (Lipinski definition) is 0. The summed E-state index contributed by atoms with van der Waals surface area (Å²) in [5, 5.41) is 0. The molecule has 196 valence electrons. The minimum absolute atomic E-state index is 0. The number of allylic oxidation sites excluding steroid dienone is 8. The van der Waals surface area contributed by atoms with Crippen molar-refractivity contribution in [2.45, 2.75) is 137 Å². The minimum Gasteiger partial charge on any atom is -1.00 e. The summed E-state index contributed by atoms with van der Waals surface area (Å²) in [7, 11) is 0. The van der Waals surface area contributed by atoms with E-state index in [1.165, 1.54) is 116 Å². The van der Waals surface area contributed by atoms with Gasteiger partial charge in [-0.25, -0.2) is 0 Å². The molecule has 4 rings (SSSR count). The predicted molar refractivity (Wildman–Crippen MR) is 141 cm³/mol. The molecular formula is C32H50Cl2Zr. The molecule has 0 heterocycles. The first-order valence-electron chi connectivity index (χ1n) is 14.8. The predicted octanol–water partition coefficient (Wildman–Crippen LogP) is 4.71. The summed E-state index contributed by atoms with van der Waals surface area (Å²) in [5.74, 6) is 1.57. The van der Waals surface area contributed by atoms with Crippen molar-refractivity contribution in [3.63, 3.8) is 0 Å². The molecule has 2 saturated carbocycles. The molecule has 0 radical (unpaired) electrons. The third-order valence-corrected chi connectivity index (χ3v) is 14.0. The number of hydrogen-bond acceptors (Lipinski definition) is 0. The van der Waals surface area contributed by atoms with Crippen LogP contribution in [-0.2, 0) is 23.2 Å². The van der Waals surface area contributed by atoms with Gasteiger partial charge in [0.1, 0.15) is 0 Å². The molecule has 4 aliphatic carbocycles. The molecule has 4 unspecified atom stereocenters. The summed E-state index contributed by atoms with van der Waals surface area (Å²) >= 11 is -0.575. The molecule has 4 atom stereocenters. The van der Waals surface area contributed by atoms with E-state index in [2.05, 4.69) is 38.2 Å². The Kier molecular flexibility index (Phi) is 15.5. The third kappa shape index (κ3) is 9.29. The quantitative estimate of drug-likeness (QED) is 0.434. The summed E-state index contributed by atoms with van der Waals surface area (Å²) in [6, 6.07) is 0. The maximum Gasteiger partial charge on any atom is -1.00 e. The van der Waals surface area contributed by atoms with E-state index in [1.807, 2.05) is 11.1 Å². The fourth-order valence-corrected chi connectivity index (χ4v) is 13.2. The van der Waals surface area contributed by atoms with E-state index in [0.29, 0.717) is 0 Å². The Morgan fingerprint density at radius 3 is 1.17 bits per heavy atom. The first-order chi connectivity index (χ1) is 16.2. The van der Waals surface area contributed by atoms with Gasteiger partial charge in [0, 0.05) is 0 Å². The summed E-state index contributed by atoms with van der Waals surface area (Å²) < 4.78 is 1.96. The molecule has 0 aromatic rings. The van der Waals surface area contributed by atoms with Gasteiger partial charge in [-0.05, 0) is 0 Å². The molecule has 4 aliphatic rings. The van der Waals surface area contributed by atoms with Crippen molar-refractivity contribution in [1.82, 2.24) is 0 Å². The maximum absolute atomic E-state index is 2.61. The number of rotatable bonds is 2. The molecule has 0 N–H and O–H groups in total. The normalized spacial score (nSPS) is 30.9. The van der Waals surface area contributed by atoms with Crippen LogP contribution in [0.5, 0.6) is 0 Å². The molecule has 0 aromatic carbocycles. The van der Waals surface area contributed by atoms with Crippen LogP contribution in [0.15, 0.2) is 46.6 Å². The van der Waals surface area contributed by atoms with Crippen molar-refractivity contribution < 1.29 is 48.0 Å². The molecular weight excluding hydrogens is 546 g/mol. The second-order valence-corrected chi connectivity index (χ2v) is 15.8. The van der Waals surface area contributed by atoms with Gasteiger partial charge in [-0.2, -0.15) is 0 Å². The van der Waals surface area contributed by atoms with Crippen LogP contribution in [0.3, 0.4) is 0 Å². The van der Waals surface area contributed by atoms with E-state index in [-0.39, 0.29) is 24.8 Å². The van der Waals surface area contributed by atoms with Gasteiger partial charge in [0.05, 0.1) is 0 Å². The van der Waals surface area contributed by atoms with Crippen LogP contribution in [-0.4, -0.2) is 0 Å². The van der Waals surface area contributed by atoms with Crippen molar-refractivity contribution in [2.24, 2.45) is 11.8 Å². The van der Waals surface area contributed by atoms with Crippen LogP contribution < -0.4 is 24.8 Å². The largest absolute Gasteiger partial charge is 1.00 e. The summed E-state index contributed by atoms with van der Waals surface area (Å²) in [6.45, 7) is 4.91. The zero-order valence-electron chi connectivity index (χ0n) is 22.6. The molecule has 0 nitrogen and oxygen atoms in total. The van der Waals surface area contributed by atoms with Crippen molar-refractivity contribution >= 4 is 0 Å². The topological polar surface area (TPSA) is 0 Å². The fraction of sp³-hybridized carbons (Fsp3) is 0.750. The van der Waals surface area contributed by atoms with Gasteiger partial charge in [-0.3, -0.25) is 0 Å². The minimum atomic E-state index is -0.575. The molecule has 0 aromatic heterocycles. The van der Waals surface area contributed by atoms with Gasteiger partial charge in [0.2, 0.25) is 0 Å². The van der Waals surface area contributed by atoms with Crippen LogP contribution in [0.2, 0.25) is 7.25 Å². The van der Waals surface area contributed by atoms with Crippen molar-refractivity contribution in [3.8, 4) is 0 Å². The summed E-state index contributed by atoms with van der Waals surface area (Å²) in [6.07, 6.45) is 36.7. The van der Waals surface area contributed by atoms with E-state index >= 15 is 0 Å². The van der Waals surface area contributed by atoms with E-state index < -0.39 is 23.2 Å². The van der Waals surface area contributed by atoms with E-state index in [9.17, 15) is 0 Å². The first-order valence-corrected chi connectivity index (χ1v) is 17.6. The third-order valence-electron chi connectivity index (χ3n) is 9.04. The van der Waals surface area contributed by atoms with E-state index in [4.69, 9.17) is 0 Å². The van der Waals surface area contributed by atoms with Gasteiger partial charge in [0.15, 0.2) is 0 Å². The maximum atomic E-state index is 2.61. The average Bonchev–Trinajstić information content (AvgIpc) is 3.34. The average molecular weight is 597 g/mol. The standard InChI is InChI=1S/2C16H25.2ClH.Zr/c2*1-14-12-13-15-10-8-6-4-2-3-5-7-9-11-16(14)15;;;/h2*11-13,15H,2-10H2,1H3;2*1H;/q;;;;+2/p-2. The number of halogens is 2. The van der Waals surface area contributed by atoms with Crippen LogP contribution in [0.4, 0.5) is 0 Å². The Morgan fingerprint density at radius 1 is 0.486 bits per heavy atom. The zero-order chi connectivity index (χ0) is 22.9. The molecule has 2 fully saturated rings. The van der Waals surface area contributed by atoms with Crippen molar-refractivity contribution in [3.05, 3.63) is 46.6 Å². The zero-order valence-corrected chi connectivity index (χ0v) is 26.6. The van der Waals surface area contributed by atoms with Gasteiger partial charge >= 0.3 is 218 Å². The summed E-state index contributed by atoms with van der Waals surface area (Å²) in [4.78, 5) is 0. The van der Waals surface area contributed by atoms with Gasteiger partial charge < -0.3 is 24.8 Å². The molecule has 0 aliphatic heterocycles. The molecule has 0 spiro atoms. The fourth-order valence-electron chi connectivity index (χ4n) is 7.17. The van der Waals surface area contributed by atoms with Crippen LogP contribution in [0.1, 0.15) is 129 Å². The van der Waals surface area contributed by atoms with E-state index in [1.54, 1.807) is 11.1 Å². The Hall–Kier alpha value is 0.423. The number of fused-ring (bicyclic) bond motifs is 2. The Bertz CT molecular complexity index is 685. The van der Waals surface area contributed by atoms with Gasteiger partial charge in [0.25, 0.3) is 0 Å². The molecule has 3 heteroatoms. The first kappa shape index (κ1) is 31.6. The second kappa shape index (κ2) is 17.1. The second-order valence-electron chi connectivity index (χ2n) is 11.6. The molecule has 35 heavy (non-hydrogen) atoms.